The molecular weight excluding hydrogens is 493 g/mol. The third-order valence-corrected chi connectivity index (χ3v) is 6.19. The Morgan fingerprint density at radius 3 is 2.70 bits per heavy atom. The first-order valence-corrected chi connectivity index (χ1v) is 11.9. The van der Waals surface area contributed by atoms with E-state index in [0.717, 1.165) is 22.8 Å². The van der Waals surface area contributed by atoms with E-state index in [1.807, 2.05) is 42.3 Å². The largest absolute Gasteiger partial charge is 0.457 e. The molecule has 0 saturated carbocycles. The van der Waals surface area contributed by atoms with Gasteiger partial charge in [-0.1, -0.05) is 11.6 Å². The summed E-state index contributed by atoms with van der Waals surface area (Å²) in [4.78, 5) is 21.3. The zero-order valence-corrected chi connectivity index (χ0v) is 20.9. The minimum absolute atomic E-state index is 0.197. The van der Waals surface area contributed by atoms with Crippen LogP contribution in [0.1, 0.15) is 12.5 Å². The second kappa shape index (κ2) is 10.3. The number of carbonyl (C=O) groups excluding carboxylic acids is 1. The fourth-order valence-electron chi connectivity index (χ4n) is 4.13. The van der Waals surface area contributed by atoms with Crippen molar-refractivity contribution in [3.8, 4) is 22.6 Å². The highest BCUT2D eigenvalue weighted by Crippen LogP contribution is 2.36. The van der Waals surface area contributed by atoms with E-state index in [0.29, 0.717) is 39.9 Å². The van der Waals surface area contributed by atoms with Crippen LogP contribution in [0.4, 0.5) is 21.6 Å². The molecule has 5 rings (SSSR count). The number of fused-ring (bicyclic) bond motifs is 1. The zero-order chi connectivity index (χ0) is 25.9. The van der Waals surface area contributed by atoms with Crippen LogP contribution in [-0.4, -0.2) is 22.9 Å². The Hall–Kier alpha value is -4.43. The van der Waals surface area contributed by atoms with Crippen LogP contribution in [0.3, 0.4) is 0 Å². The maximum Gasteiger partial charge on any atom is 0.222 e. The molecule has 1 aliphatic rings. The molecule has 3 heterocycles. The zero-order valence-electron chi connectivity index (χ0n) is 20.1. The summed E-state index contributed by atoms with van der Waals surface area (Å²) in [6.07, 6.45) is 7.06. The van der Waals surface area contributed by atoms with Crippen molar-refractivity contribution < 1.29 is 13.9 Å². The molecule has 186 valence electrons. The van der Waals surface area contributed by atoms with Crippen LogP contribution in [0.25, 0.3) is 11.1 Å². The van der Waals surface area contributed by atoms with Crippen molar-refractivity contribution in [1.29, 1.82) is 0 Å². The van der Waals surface area contributed by atoms with Gasteiger partial charge in [0.2, 0.25) is 5.91 Å². The lowest BCUT2D eigenvalue weighted by molar-refractivity contribution is -0.114. The number of pyridine rings is 2. The molecule has 1 amide bonds. The molecule has 0 bridgehead atoms. The van der Waals surface area contributed by atoms with Crippen molar-refractivity contribution in [2.75, 3.05) is 22.6 Å². The van der Waals surface area contributed by atoms with Gasteiger partial charge in [0, 0.05) is 60.0 Å². The molecule has 7 nitrogen and oxygen atoms in total. The summed E-state index contributed by atoms with van der Waals surface area (Å²) < 4.78 is 20.3. The van der Waals surface area contributed by atoms with Gasteiger partial charge in [0.1, 0.15) is 29.0 Å². The number of halogens is 2. The average molecular weight is 516 g/mol. The molecule has 9 heteroatoms. The van der Waals surface area contributed by atoms with Gasteiger partial charge in [-0.15, -0.1) is 0 Å². The molecule has 2 N–H and O–H groups in total. The van der Waals surface area contributed by atoms with Crippen molar-refractivity contribution >= 4 is 34.7 Å². The van der Waals surface area contributed by atoms with Gasteiger partial charge in [0.15, 0.2) is 0 Å². The van der Waals surface area contributed by atoms with Crippen molar-refractivity contribution in [2.24, 2.45) is 0 Å². The summed E-state index contributed by atoms with van der Waals surface area (Å²) in [6.45, 7) is 1.43. The highest BCUT2D eigenvalue weighted by atomic mass is 35.5. The molecule has 1 aliphatic heterocycles. The first kappa shape index (κ1) is 24.3. The van der Waals surface area contributed by atoms with E-state index >= 15 is 0 Å². The van der Waals surface area contributed by atoms with Crippen molar-refractivity contribution in [1.82, 2.24) is 9.97 Å². The molecule has 0 unspecified atom stereocenters. The van der Waals surface area contributed by atoms with Crippen molar-refractivity contribution in [2.45, 2.75) is 13.3 Å². The fourth-order valence-corrected chi connectivity index (χ4v) is 4.35. The molecule has 37 heavy (non-hydrogen) atoms. The van der Waals surface area contributed by atoms with Crippen LogP contribution >= 0.6 is 11.6 Å². The Bertz CT molecular complexity index is 1520. The maximum atomic E-state index is 14.3. The van der Waals surface area contributed by atoms with E-state index < -0.39 is 5.82 Å². The van der Waals surface area contributed by atoms with Crippen LogP contribution in [0.5, 0.6) is 11.5 Å². The summed E-state index contributed by atoms with van der Waals surface area (Å²) in [7, 11) is 1.97. The number of anilines is 3. The van der Waals surface area contributed by atoms with Crippen LogP contribution in [0.15, 0.2) is 85.1 Å². The molecule has 0 atom stereocenters. The smallest absolute Gasteiger partial charge is 0.222 e. The van der Waals surface area contributed by atoms with E-state index in [1.54, 1.807) is 30.5 Å². The number of hydrogen-bond acceptors (Lipinski definition) is 6. The van der Waals surface area contributed by atoms with E-state index in [2.05, 4.69) is 26.7 Å². The number of carbonyl (C=O) groups is 1. The Balaban J connectivity index is 1.33. The Morgan fingerprint density at radius 1 is 1.05 bits per heavy atom. The lowest BCUT2D eigenvalue weighted by Crippen LogP contribution is -2.26. The number of allylic oxidation sites excluding steroid dienone is 1. The third-order valence-electron chi connectivity index (χ3n) is 5.86. The van der Waals surface area contributed by atoms with E-state index in [4.69, 9.17) is 16.3 Å². The summed E-state index contributed by atoms with van der Waals surface area (Å²) in [5, 5.41) is 6.53. The number of aromatic nitrogens is 2. The Kier molecular flexibility index (Phi) is 6.74. The maximum absolute atomic E-state index is 14.3. The van der Waals surface area contributed by atoms with Crippen LogP contribution in [0.2, 0.25) is 5.02 Å². The number of benzene rings is 2. The van der Waals surface area contributed by atoms with Crippen molar-refractivity contribution in [3.05, 3.63) is 101 Å². The number of amides is 1. The minimum atomic E-state index is -0.430. The third kappa shape index (κ3) is 5.39. The number of nitrogens with one attached hydrogen (secondary N) is 2. The minimum Gasteiger partial charge on any atom is -0.457 e. The molecule has 0 radical (unpaired) electrons. The standard InChI is InChI=1S/C28H23ClFN5O2/c1-17(36)33-27-15-21(9-12-32-27)37-20-5-7-26-18(13-20)3-8-28(35(26)2)34-19-4-6-24(29)23(14-19)22-10-11-31-16-25(22)30/h4-16,34H,3H2,1-2H3,(H,32,33,36). The lowest BCUT2D eigenvalue weighted by Gasteiger charge is -2.30. The number of ether oxygens (including phenoxy) is 1. The highest BCUT2D eigenvalue weighted by Gasteiger charge is 2.18. The Labute approximate surface area is 218 Å². The monoisotopic (exact) mass is 515 g/mol. The molecule has 0 saturated heterocycles. The topological polar surface area (TPSA) is 79.4 Å². The Morgan fingerprint density at radius 2 is 1.89 bits per heavy atom. The molecule has 2 aromatic carbocycles. The summed E-state index contributed by atoms with van der Waals surface area (Å²) in [6, 6.07) is 16.3. The van der Waals surface area contributed by atoms with Crippen molar-refractivity contribution in [3.63, 3.8) is 0 Å². The second-order valence-corrected chi connectivity index (χ2v) is 8.89. The first-order chi connectivity index (χ1) is 17.9. The lowest BCUT2D eigenvalue weighted by atomic mass is 10.0. The van der Waals surface area contributed by atoms with Gasteiger partial charge in [-0.05, 0) is 66.6 Å². The molecule has 0 spiro atoms. The highest BCUT2D eigenvalue weighted by molar-refractivity contribution is 6.33. The van der Waals surface area contributed by atoms with Crippen LogP contribution in [-0.2, 0) is 11.2 Å². The summed E-state index contributed by atoms with van der Waals surface area (Å²) >= 11 is 6.37. The van der Waals surface area contributed by atoms with E-state index in [-0.39, 0.29) is 5.91 Å². The van der Waals surface area contributed by atoms with Gasteiger partial charge < -0.3 is 20.3 Å². The summed E-state index contributed by atoms with van der Waals surface area (Å²) in [5.41, 5.74) is 3.89. The first-order valence-electron chi connectivity index (χ1n) is 11.5. The molecule has 0 fully saturated rings. The van der Waals surface area contributed by atoms with Gasteiger partial charge in [-0.3, -0.25) is 9.78 Å². The van der Waals surface area contributed by atoms with Gasteiger partial charge in [-0.25, -0.2) is 9.37 Å². The SMILES string of the molecule is CC(=O)Nc1cc(Oc2ccc3c(c2)CC=C(Nc2ccc(Cl)c(-c4ccncc4F)c2)N3C)ccn1. The fraction of sp³-hybridized carbons (Fsp3) is 0.107. The van der Waals surface area contributed by atoms with Crippen LogP contribution < -0.4 is 20.3 Å². The van der Waals surface area contributed by atoms with Gasteiger partial charge >= 0.3 is 0 Å². The molecular formula is C28H23ClFN5O2. The van der Waals surface area contributed by atoms with Gasteiger partial charge in [0.25, 0.3) is 0 Å². The average Bonchev–Trinajstić information content (AvgIpc) is 2.87. The predicted molar refractivity (Wildman–Crippen MR) is 144 cm³/mol. The van der Waals surface area contributed by atoms with E-state index in [9.17, 15) is 9.18 Å². The molecule has 4 aromatic rings. The van der Waals surface area contributed by atoms with Crippen LogP contribution in [0, 0.1) is 5.82 Å². The van der Waals surface area contributed by atoms with Gasteiger partial charge in [0.05, 0.1) is 6.20 Å². The molecule has 0 aliphatic carbocycles. The number of rotatable bonds is 6. The summed E-state index contributed by atoms with van der Waals surface area (Å²) in [5.74, 6) is 1.94. The number of hydrogen-bond donors (Lipinski definition) is 2. The van der Waals surface area contributed by atoms with Gasteiger partial charge in [-0.2, -0.15) is 0 Å². The quantitative estimate of drug-likeness (QED) is 0.300. The number of nitrogens with zero attached hydrogens (tertiary/aromatic N) is 3. The molecule has 2 aromatic heterocycles. The van der Waals surface area contributed by atoms with E-state index in [1.165, 1.54) is 19.3 Å². The normalized spacial score (nSPS) is 12.4. The second-order valence-electron chi connectivity index (χ2n) is 8.48. The predicted octanol–water partition coefficient (Wildman–Crippen LogP) is 6.63.